The molecule has 1 atom stereocenters. The highest BCUT2D eigenvalue weighted by atomic mass is 32.1. The molecule has 2 N–H and O–H groups in total. The van der Waals surface area contributed by atoms with Gasteiger partial charge in [0, 0.05) is 24.5 Å². The summed E-state index contributed by atoms with van der Waals surface area (Å²) in [6.07, 6.45) is 3.71. The molecule has 0 aliphatic carbocycles. The van der Waals surface area contributed by atoms with Crippen LogP contribution in [0.4, 0.5) is 0 Å². The topological polar surface area (TPSA) is 49.6 Å². The molecule has 0 bridgehead atoms. The predicted octanol–water partition coefficient (Wildman–Crippen LogP) is 1.37. The number of rotatable bonds is 2. The summed E-state index contributed by atoms with van der Waals surface area (Å²) in [6, 6.07) is 2.45. The molecule has 3 heterocycles. The zero-order valence-corrected chi connectivity index (χ0v) is 13.0. The Kier molecular flexibility index (Phi) is 4.59. The van der Waals surface area contributed by atoms with E-state index < -0.39 is 0 Å². The maximum absolute atomic E-state index is 12.5. The first kappa shape index (κ1) is 14.6. The van der Waals surface area contributed by atoms with Crippen molar-refractivity contribution in [2.75, 3.05) is 32.7 Å². The van der Waals surface area contributed by atoms with Crippen LogP contribution in [0.5, 0.6) is 0 Å². The Bertz CT molecular complexity index is 566. The van der Waals surface area contributed by atoms with Gasteiger partial charge in [-0.3, -0.25) is 9.69 Å². The van der Waals surface area contributed by atoms with Gasteiger partial charge in [0.2, 0.25) is 0 Å². The summed E-state index contributed by atoms with van der Waals surface area (Å²) in [5.41, 5.74) is 6.14. The van der Waals surface area contributed by atoms with Crippen LogP contribution in [0.25, 0.3) is 0 Å². The van der Waals surface area contributed by atoms with Gasteiger partial charge in [0.05, 0.1) is 17.0 Å². The Morgan fingerprint density at radius 2 is 2.19 bits per heavy atom. The van der Waals surface area contributed by atoms with Gasteiger partial charge in [-0.2, -0.15) is 0 Å². The fourth-order valence-corrected chi connectivity index (χ4v) is 3.91. The van der Waals surface area contributed by atoms with E-state index in [1.54, 1.807) is 0 Å². The van der Waals surface area contributed by atoms with Crippen molar-refractivity contribution in [3.05, 3.63) is 21.9 Å². The molecule has 1 unspecified atom stereocenters. The average Bonchev–Trinajstić information content (AvgIpc) is 3.24. The maximum Gasteiger partial charge on any atom is 0.254 e. The quantitative estimate of drug-likeness (QED) is 0.840. The van der Waals surface area contributed by atoms with E-state index in [9.17, 15) is 4.79 Å². The van der Waals surface area contributed by atoms with Crippen LogP contribution in [0.2, 0.25) is 0 Å². The summed E-state index contributed by atoms with van der Waals surface area (Å²) >= 11 is 1.52. The van der Waals surface area contributed by atoms with E-state index in [4.69, 9.17) is 5.73 Å². The number of carbonyl (C=O) groups excluding carboxylic acids is 1. The summed E-state index contributed by atoms with van der Waals surface area (Å²) in [4.78, 5) is 18.0. The number of carbonyl (C=O) groups is 1. The molecule has 2 aliphatic heterocycles. The van der Waals surface area contributed by atoms with Crippen molar-refractivity contribution in [1.82, 2.24) is 9.80 Å². The molecule has 1 aromatic rings. The SMILES string of the molecule is NCC#Cc1cc(C(=O)N2CCC(N3CCCC3)C2)cs1. The van der Waals surface area contributed by atoms with Crippen LogP contribution in [0, 0.1) is 11.8 Å². The van der Waals surface area contributed by atoms with Crippen molar-refractivity contribution in [3.63, 3.8) is 0 Å². The lowest BCUT2D eigenvalue weighted by Crippen LogP contribution is -2.37. The fourth-order valence-electron chi connectivity index (χ4n) is 3.17. The molecule has 2 fully saturated rings. The van der Waals surface area contributed by atoms with Crippen molar-refractivity contribution in [2.45, 2.75) is 25.3 Å². The van der Waals surface area contributed by atoms with Crippen LogP contribution < -0.4 is 5.73 Å². The van der Waals surface area contributed by atoms with E-state index in [0.29, 0.717) is 12.6 Å². The zero-order valence-electron chi connectivity index (χ0n) is 12.2. The largest absolute Gasteiger partial charge is 0.337 e. The number of nitrogens with two attached hydrogens (primary N) is 1. The normalized spacial score (nSPS) is 22.3. The van der Waals surface area contributed by atoms with Crippen LogP contribution in [0.15, 0.2) is 11.4 Å². The van der Waals surface area contributed by atoms with Gasteiger partial charge in [0.25, 0.3) is 5.91 Å². The van der Waals surface area contributed by atoms with Crippen molar-refractivity contribution < 1.29 is 4.79 Å². The van der Waals surface area contributed by atoms with Gasteiger partial charge in [-0.05, 0) is 38.4 Å². The smallest absolute Gasteiger partial charge is 0.254 e. The molecule has 3 rings (SSSR count). The molecule has 1 aromatic heterocycles. The molecular formula is C16H21N3OS. The van der Waals surface area contributed by atoms with E-state index in [1.807, 2.05) is 16.3 Å². The number of hydrogen-bond acceptors (Lipinski definition) is 4. The van der Waals surface area contributed by atoms with Gasteiger partial charge in [-0.15, -0.1) is 11.3 Å². The Morgan fingerprint density at radius 3 is 2.95 bits per heavy atom. The highest BCUT2D eigenvalue weighted by molar-refractivity contribution is 7.10. The number of hydrogen-bond donors (Lipinski definition) is 1. The molecule has 0 saturated carbocycles. The molecule has 5 heteroatoms. The van der Waals surface area contributed by atoms with Gasteiger partial charge in [-0.1, -0.05) is 11.8 Å². The molecule has 0 aromatic carbocycles. The van der Waals surface area contributed by atoms with Crippen LogP contribution >= 0.6 is 11.3 Å². The Morgan fingerprint density at radius 1 is 1.38 bits per heavy atom. The zero-order chi connectivity index (χ0) is 14.7. The number of amides is 1. The first-order valence-electron chi connectivity index (χ1n) is 7.58. The minimum atomic E-state index is 0.147. The van der Waals surface area contributed by atoms with Gasteiger partial charge < -0.3 is 10.6 Å². The summed E-state index contributed by atoms with van der Waals surface area (Å²) < 4.78 is 0. The van der Waals surface area contributed by atoms with Gasteiger partial charge in [-0.25, -0.2) is 0 Å². The fraction of sp³-hybridized carbons (Fsp3) is 0.562. The van der Waals surface area contributed by atoms with Crippen LogP contribution in [0.1, 0.15) is 34.5 Å². The van der Waals surface area contributed by atoms with Crippen molar-refractivity contribution in [1.29, 1.82) is 0 Å². The highest BCUT2D eigenvalue weighted by Crippen LogP contribution is 2.23. The lowest BCUT2D eigenvalue weighted by atomic mass is 10.2. The van der Waals surface area contributed by atoms with Gasteiger partial charge >= 0.3 is 0 Å². The summed E-state index contributed by atoms with van der Waals surface area (Å²) in [7, 11) is 0. The third-order valence-corrected chi connectivity index (χ3v) is 5.11. The van der Waals surface area contributed by atoms with E-state index >= 15 is 0 Å². The molecule has 112 valence electrons. The summed E-state index contributed by atoms with van der Waals surface area (Å²) in [5.74, 6) is 5.96. The standard InChI is InChI=1S/C16H21N3OS/c17-6-3-4-15-10-13(12-21-15)16(20)19-9-5-14(11-19)18-7-1-2-8-18/h10,12,14H,1-2,5-9,11,17H2. The van der Waals surface area contributed by atoms with Crippen LogP contribution in [-0.2, 0) is 0 Å². The molecule has 2 aliphatic rings. The monoisotopic (exact) mass is 303 g/mol. The number of thiophene rings is 1. The highest BCUT2D eigenvalue weighted by Gasteiger charge is 2.32. The molecule has 2 saturated heterocycles. The molecule has 0 spiro atoms. The van der Waals surface area contributed by atoms with Gasteiger partial charge in [0.1, 0.15) is 0 Å². The number of likely N-dealkylation sites (tertiary alicyclic amines) is 2. The lowest BCUT2D eigenvalue weighted by molar-refractivity contribution is 0.0780. The van der Waals surface area contributed by atoms with E-state index in [-0.39, 0.29) is 5.91 Å². The Labute approximate surface area is 129 Å². The van der Waals surface area contributed by atoms with E-state index in [1.165, 1.54) is 37.3 Å². The third-order valence-electron chi connectivity index (χ3n) is 4.27. The maximum atomic E-state index is 12.5. The van der Waals surface area contributed by atoms with Crippen LogP contribution in [0.3, 0.4) is 0 Å². The predicted molar refractivity (Wildman–Crippen MR) is 85.4 cm³/mol. The molecule has 21 heavy (non-hydrogen) atoms. The van der Waals surface area contributed by atoms with Crippen molar-refractivity contribution in [3.8, 4) is 11.8 Å². The Balaban J connectivity index is 1.61. The Hall–Kier alpha value is -1.35. The average molecular weight is 303 g/mol. The van der Waals surface area contributed by atoms with Crippen molar-refractivity contribution in [2.24, 2.45) is 5.73 Å². The number of nitrogens with zero attached hydrogens (tertiary/aromatic N) is 2. The molecule has 1 amide bonds. The second-order valence-electron chi connectivity index (χ2n) is 5.64. The lowest BCUT2D eigenvalue weighted by Gasteiger charge is -2.23. The van der Waals surface area contributed by atoms with E-state index in [2.05, 4.69) is 16.7 Å². The van der Waals surface area contributed by atoms with Crippen LogP contribution in [-0.4, -0.2) is 54.5 Å². The molecule has 0 radical (unpaired) electrons. The second-order valence-corrected chi connectivity index (χ2v) is 6.55. The minimum absolute atomic E-state index is 0.147. The van der Waals surface area contributed by atoms with E-state index in [0.717, 1.165) is 30.0 Å². The first-order valence-corrected chi connectivity index (χ1v) is 8.46. The van der Waals surface area contributed by atoms with Crippen molar-refractivity contribution >= 4 is 17.2 Å². The second kappa shape index (κ2) is 6.61. The minimum Gasteiger partial charge on any atom is -0.337 e. The summed E-state index contributed by atoms with van der Waals surface area (Å²) in [6.45, 7) is 4.50. The molecular weight excluding hydrogens is 282 g/mol. The third kappa shape index (κ3) is 3.29. The first-order chi connectivity index (χ1) is 10.3. The summed E-state index contributed by atoms with van der Waals surface area (Å²) in [5, 5.41) is 1.91. The molecule has 4 nitrogen and oxygen atoms in total. The van der Waals surface area contributed by atoms with Gasteiger partial charge in [0.15, 0.2) is 0 Å².